The maximum absolute atomic E-state index is 9.71. The minimum Gasteiger partial charge on any atom is -0.508 e. The largest absolute Gasteiger partial charge is 0.508 e. The van der Waals surface area contributed by atoms with Crippen LogP contribution in [-0.2, 0) is 5.75 Å². The van der Waals surface area contributed by atoms with E-state index in [4.69, 9.17) is 4.98 Å². The van der Waals surface area contributed by atoms with E-state index in [1.165, 1.54) is 5.56 Å². The molecule has 0 aliphatic carbocycles. The molecule has 4 rings (SSSR count). The molecule has 0 bridgehead atoms. The van der Waals surface area contributed by atoms with Crippen LogP contribution in [-0.4, -0.2) is 15.1 Å². The first-order valence-electron chi connectivity index (χ1n) is 8.93. The van der Waals surface area contributed by atoms with Crippen LogP contribution in [0.4, 0.5) is 11.5 Å². The highest BCUT2D eigenvalue weighted by Gasteiger charge is 2.08. The van der Waals surface area contributed by atoms with E-state index in [2.05, 4.69) is 22.4 Å². The number of rotatable bonds is 6. The third-order valence-corrected chi connectivity index (χ3v) is 5.02. The van der Waals surface area contributed by atoms with Gasteiger partial charge in [0.15, 0.2) is 5.16 Å². The zero-order valence-corrected chi connectivity index (χ0v) is 15.9. The fourth-order valence-electron chi connectivity index (χ4n) is 2.76. The number of hydrogen-bond acceptors (Lipinski definition) is 5. The summed E-state index contributed by atoms with van der Waals surface area (Å²) >= 11 is 1.60. The molecule has 0 saturated carbocycles. The maximum atomic E-state index is 9.71. The molecule has 2 N–H and O–H groups in total. The monoisotopic (exact) mass is 385 g/mol. The average molecular weight is 385 g/mol. The van der Waals surface area contributed by atoms with Gasteiger partial charge in [-0.1, -0.05) is 78.5 Å². The topological polar surface area (TPSA) is 58.0 Å². The quantitative estimate of drug-likeness (QED) is 0.320. The molecule has 4 aromatic rings. The molecule has 0 atom stereocenters. The molecule has 0 spiro atoms. The molecule has 4 nitrogen and oxygen atoms in total. The lowest BCUT2D eigenvalue weighted by Gasteiger charge is -2.10. The summed E-state index contributed by atoms with van der Waals surface area (Å²) in [5.74, 6) is 1.70. The molecule has 0 radical (unpaired) electrons. The highest BCUT2D eigenvalue weighted by Crippen LogP contribution is 2.28. The van der Waals surface area contributed by atoms with Crippen LogP contribution in [0.15, 0.2) is 96.2 Å². The summed E-state index contributed by atoms with van der Waals surface area (Å²) in [4.78, 5) is 9.40. The van der Waals surface area contributed by atoms with E-state index in [-0.39, 0.29) is 5.75 Å². The summed E-state index contributed by atoms with van der Waals surface area (Å²) in [5.41, 5.74) is 3.89. The molecule has 0 saturated heterocycles. The Morgan fingerprint density at radius 1 is 0.786 bits per heavy atom. The van der Waals surface area contributed by atoms with Crippen LogP contribution >= 0.6 is 11.8 Å². The van der Waals surface area contributed by atoms with Gasteiger partial charge in [-0.2, -0.15) is 0 Å². The van der Waals surface area contributed by atoms with E-state index in [9.17, 15) is 5.11 Å². The van der Waals surface area contributed by atoms with Crippen LogP contribution in [0.2, 0.25) is 0 Å². The third-order valence-electron chi connectivity index (χ3n) is 4.10. The number of nitrogens with zero attached hydrogens (tertiary/aromatic N) is 2. The van der Waals surface area contributed by atoms with Crippen LogP contribution in [0.1, 0.15) is 5.56 Å². The molecule has 138 valence electrons. The van der Waals surface area contributed by atoms with E-state index >= 15 is 0 Å². The Hall–Kier alpha value is -3.31. The smallest absolute Gasteiger partial charge is 0.190 e. The van der Waals surface area contributed by atoms with Crippen LogP contribution in [0, 0.1) is 0 Å². The van der Waals surface area contributed by atoms with Crippen LogP contribution < -0.4 is 5.32 Å². The fraction of sp³-hybridized carbons (Fsp3) is 0.0435. The van der Waals surface area contributed by atoms with Gasteiger partial charge in [-0.25, -0.2) is 9.97 Å². The predicted octanol–water partition coefficient (Wildman–Crippen LogP) is 5.89. The van der Waals surface area contributed by atoms with Gasteiger partial charge in [-0.3, -0.25) is 0 Å². The number of benzene rings is 3. The second kappa shape index (κ2) is 8.59. The van der Waals surface area contributed by atoms with Gasteiger partial charge in [0.05, 0.1) is 5.69 Å². The molecule has 5 heteroatoms. The fourth-order valence-corrected chi connectivity index (χ4v) is 3.58. The molecular weight excluding hydrogens is 366 g/mol. The van der Waals surface area contributed by atoms with Gasteiger partial charge in [0.1, 0.15) is 11.6 Å². The Morgan fingerprint density at radius 3 is 2.29 bits per heavy atom. The van der Waals surface area contributed by atoms with Gasteiger partial charge in [0.2, 0.25) is 0 Å². The minimum absolute atomic E-state index is 0.209. The molecule has 0 aliphatic heterocycles. The van der Waals surface area contributed by atoms with E-state index in [0.717, 1.165) is 22.7 Å². The van der Waals surface area contributed by atoms with Crippen molar-refractivity contribution in [3.05, 3.63) is 96.6 Å². The van der Waals surface area contributed by atoms with Gasteiger partial charge in [0, 0.05) is 29.1 Å². The lowest BCUT2D eigenvalue weighted by Crippen LogP contribution is -1.99. The van der Waals surface area contributed by atoms with Crippen molar-refractivity contribution in [3.63, 3.8) is 0 Å². The molecule has 0 amide bonds. The van der Waals surface area contributed by atoms with E-state index < -0.39 is 0 Å². The van der Waals surface area contributed by atoms with Crippen molar-refractivity contribution in [1.82, 2.24) is 9.97 Å². The molecule has 0 aliphatic rings. The number of hydrogen-bond donors (Lipinski definition) is 2. The third kappa shape index (κ3) is 4.69. The Labute approximate surface area is 168 Å². The molecule has 1 aromatic heterocycles. The standard InChI is InChI=1S/C23H19N3OS/c27-20-13-7-12-19(14-20)24-22-15-21(18-10-5-2-6-11-18)25-23(26-22)28-16-17-8-3-1-4-9-17/h1-15,27H,16H2,(H,24,25,26). The number of thioether (sulfide) groups is 1. The first kappa shape index (κ1) is 18.1. The predicted molar refractivity (Wildman–Crippen MR) is 115 cm³/mol. The second-order valence-electron chi connectivity index (χ2n) is 6.24. The van der Waals surface area contributed by atoms with Crippen LogP contribution in [0.25, 0.3) is 11.3 Å². The first-order chi connectivity index (χ1) is 13.8. The van der Waals surface area contributed by atoms with Crippen LogP contribution in [0.3, 0.4) is 0 Å². The van der Waals surface area contributed by atoms with Gasteiger partial charge < -0.3 is 10.4 Å². The zero-order chi connectivity index (χ0) is 19.2. The molecule has 0 unspecified atom stereocenters. The lowest BCUT2D eigenvalue weighted by atomic mass is 10.1. The number of phenolic OH excluding ortho intramolecular Hbond substituents is 1. The number of anilines is 2. The SMILES string of the molecule is Oc1cccc(Nc2cc(-c3ccccc3)nc(SCc3ccccc3)n2)c1. The van der Waals surface area contributed by atoms with E-state index in [0.29, 0.717) is 11.0 Å². The molecule has 1 heterocycles. The van der Waals surface area contributed by atoms with Gasteiger partial charge in [-0.15, -0.1) is 0 Å². The highest BCUT2D eigenvalue weighted by atomic mass is 32.2. The maximum Gasteiger partial charge on any atom is 0.190 e. The first-order valence-corrected chi connectivity index (χ1v) is 9.92. The molecule has 3 aromatic carbocycles. The zero-order valence-electron chi connectivity index (χ0n) is 15.1. The van der Waals surface area contributed by atoms with Crippen molar-refractivity contribution in [2.45, 2.75) is 10.9 Å². The van der Waals surface area contributed by atoms with Crippen LogP contribution in [0.5, 0.6) is 5.75 Å². The van der Waals surface area contributed by atoms with Crippen molar-refractivity contribution in [2.24, 2.45) is 0 Å². The Bertz CT molecular complexity index is 1060. The minimum atomic E-state index is 0.209. The number of aromatic hydroxyl groups is 1. The van der Waals surface area contributed by atoms with E-state index in [1.807, 2.05) is 60.7 Å². The highest BCUT2D eigenvalue weighted by molar-refractivity contribution is 7.98. The van der Waals surface area contributed by atoms with Crippen molar-refractivity contribution < 1.29 is 5.11 Å². The Kier molecular flexibility index (Phi) is 5.54. The summed E-state index contributed by atoms with van der Waals surface area (Å²) in [6.45, 7) is 0. The lowest BCUT2D eigenvalue weighted by molar-refractivity contribution is 0.475. The van der Waals surface area contributed by atoms with Crippen molar-refractivity contribution in [2.75, 3.05) is 5.32 Å². The van der Waals surface area contributed by atoms with Crippen molar-refractivity contribution in [3.8, 4) is 17.0 Å². The summed E-state index contributed by atoms with van der Waals surface area (Å²) in [6.07, 6.45) is 0. The second-order valence-corrected chi connectivity index (χ2v) is 7.18. The summed E-state index contributed by atoms with van der Waals surface area (Å²) in [7, 11) is 0. The number of nitrogens with one attached hydrogen (secondary N) is 1. The van der Waals surface area contributed by atoms with Gasteiger partial charge in [0.25, 0.3) is 0 Å². The normalized spacial score (nSPS) is 10.6. The summed E-state index contributed by atoms with van der Waals surface area (Å²) in [5, 5.41) is 13.7. The van der Waals surface area contributed by atoms with Crippen molar-refractivity contribution in [1.29, 1.82) is 0 Å². The Balaban J connectivity index is 1.64. The molecular formula is C23H19N3OS. The number of phenols is 1. The van der Waals surface area contributed by atoms with E-state index in [1.54, 1.807) is 30.0 Å². The summed E-state index contributed by atoms with van der Waals surface area (Å²) in [6, 6.07) is 29.2. The molecule has 0 fully saturated rings. The van der Waals surface area contributed by atoms with Gasteiger partial charge in [-0.05, 0) is 17.7 Å². The Morgan fingerprint density at radius 2 is 1.54 bits per heavy atom. The van der Waals surface area contributed by atoms with Crippen molar-refractivity contribution >= 4 is 23.3 Å². The average Bonchev–Trinajstić information content (AvgIpc) is 2.74. The number of aromatic nitrogens is 2. The summed E-state index contributed by atoms with van der Waals surface area (Å²) < 4.78 is 0. The van der Waals surface area contributed by atoms with Gasteiger partial charge >= 0.3 is 0 Å². The molecule has 28 heavy (non-hydrogen) atoms.